The Morgan fingerprint density at radius 1 is 0.923 bits per heavy atom. The van der Waals surface area contributed by atoms with Crippen molar-refractivity contribution >= 4 is 23.3 Å². The van der Waals surface area contributed by atoms with E-state index < -0.39 is 0 Å². The summed E-state index contributed by atoms with van der Waals surface area (Å²) in [4.78, 5) is 12.8. The van der Waals surface area contributed by atoms with E-state index in [1.165, 1.54) is 82.4 Å². The Labute approximate surface area is 260 Å². The Morgan fingerprint density at radius 2 is 1.51 bits per heavy atom. The number of aromatic nitrogens is 2. The summed E-state index contributed by atoms with van der Waals surface area (Å²) in [5, 5.41) is 0. The molecule has 1 aliphatic heterocycles. The highest BCUT2D eigenvalue weighted by Gasteiger charge is 2.41. The highest BCUT2D eigenvalue weighted by Crippen LogP contribution is 2.33. The summed E-state index contributed by atoms with van der Waals surface area (Å²) in [5.74, 6) is 0.842. The van der Waals surface area contributed by atoms with Gasteiger partial charge in [0.25, 0.3) is 5.88 Å². The molecule has 2 atom stereocenters. The van der Waals surface area contributed by atoms with Gasteiger partial charge >= 0.3 is 5.97 Å². The van der Waals surface area contributed by atoms with Crippen molar-refractivity contribution in [2.45, 2.75) is 137 Å². The van der Waals surface area contributed by atoms with Gasteiger partial charge in [-0.1, -0.05) is 111 Å². The van der Waals surface area contributed by atoms with Crippen molar-refractivity contribution in [3.05, 3.63) is 11.8 Å². The summed E-state index contributed by atoms with van der Waals surface area (Å²) >= 11 is 1.22. The first kappa shape index (κ1) is 36.3. The zero-order valence-corrected chi connectivity index (χ0v) is 28.5. The highest BCUT2D eigenvalue weighted by molar-refractivity contribution is 6.99. The largest absolute Gasteiger partial charge is 1.00 e. The van der Waals surface area contributed by atoms with Crippen molar-refractivity contribution < 1.29 is 42.7 Å². The van der Waals surface area contributed by atoms with E-state index in [-0.39, 0.29) is 42.1 Å². The maximum Gasteiger partial charge on any atom is 0.310 e. The number of carbonyl (C=O) groups is 1. The van der Waals surface area contributed by atoms with Crippen molar-refractivity contribution in [2.75, 3.05) is 26.7 Å². The fraction of sp³-hybridized carbons (Fsp3) is 0.839. The topological polar surface area (TPSA) is 61.3 Å². The van der Waals surface area contributed by atoms with E-state index in [1.807, 2.05) is 0 Å². The van der Waals surface area contributed by atoms with Gasteiger partial charge in [0.05, 0.1) is 31.9 Å². The molecule has 0 aromatic carbocycles. The molecule has 39 heavy (non-hydrogen) atoms. The molecule has 0 amide bonds. The summed E-state index contributed by atoms with van der Waals surface area (Å²) in [6, 6.07) is 0. The maximum absolute atomic E-state index is 12.8. The SMILES string of the molecule is CCCCCCCCCCCCC(=O)OC(C(C)C)[N+]1(C)CCC=C(c2nsnc2OCCCCCC)C1.[I-]. The Hall–Kier alpha value is -0.740. The van der Waals surface area contributed by atoms with Crippen molar-refractivity contribution in [1.82, 2.24) is 8.75 Å². The lowest BCUT2D eigenvalue weighted by atomic mass is 10.0. The molecule has 1 aromatic heterocycles. The van der Waals surface area contributed by atoms with Crippen LogP contribution in [0.2, 0.25) is 0 Å². The number of halogens is 1. The van der Waals surface area contributed by atoms with Crippen LogP contribution in [0.4, 0.5) is 0 Å². The number of hydrogen-bond acceptors (Lipinski definition) is 6. The van der Waals surface area contributed by atoms with Gasteiger partial charge in [-0.25, -0.2) is 0 Å². The molecule has 0 saturated carbocycles. The molecule has 2 rings (SSSR count). The number of nitrogens with zero attached hydrogens (tertiary/aromatic N) is 3. The number of esters is 1. The van der Waals surface area contributed by atoms with Crippen LogP contribution in [0.5, 0.6) is 5.88 Å². The highest BCUT2D eigenvalue weighted by atomic mass is 127. The van der Waals surface area contributed by atoms with Crippen LogP contribution in [0.3, 0.4) is 0 Å². The van der Waals surface area contributed by atoms with Crippen LogP contribution in [0, 0.1) is 5.92 Å². The number of ether oxygens (including phenoxy) is 2. The fourth-order valence-corrected chi connectivity index (χ4v) is 6.09. The Kier molecular flexibility index (Phi) is 19.6. The van der Waals surface area contributed by atoms with Crippen molar-refractivity contribution in [1.29, 1.82) is 0 Å². The average Bonchev–Trinajstić information content (AvgIpc) is 3.36. The molecule has 8 heteroatoms. The van der Waals surface area contributed by atoms with Gasteiger partial charge in [-0.3, -0.25) is 9.28 Å². The minimum atomic E-state index is -0.167. The predicted molar refractivity (Wildman–Crippen MR) is 159 cm³/mol. The lowest BCUT2D eigenvalue weighted by molar-refractivity contribution is -0.950. The van der Waals surface area contributed by atoms with E-state index in [0.29, 0.717) is 23.4 Å². The lowest BCUT2D eigenvalue weighted by Crippen LogP contribution is -3.00. The summed E-state index contributed by atoms with van der Waals surface area (Å²) < 4.78 is 21.9. The number of likely N-dealkylation sites (N-methyl/N-ethyl adjacent to an activating group) is 1. The second kappa shape index (κ2) is 21.0. The van der Waals surface area contributed by atoms with Gasteiger partial charge in [0.1, 0.15) is 12.2 Å². The fourth-order valence-electron chi connectivity index (χ4n) is 5.56. The van der Waals surface area contributed by atoms with Crippen molar-refractivity contribution in [3.63, 3.8) is 0 Å². The summed E-state index contributed by atoms with van der Waals surface area (Å²) in [6.07, 6.45) is 20.9. The quantitative estimate of drug-likeness (QED) is 0.0738. The third-order valence-electron chi connectivity index (χ3n) is 7.73. The molecule has 6 nitrogen and oxygen atoms in total. The van der Waals surface area contributed by atoms with Gasteiger partial charge in [0, 0.05) is 24.3 Å². The van der Waals surface area contributed by atoms with Gasteiger partial charge in [-0.05, 0) is 12.8 Å². The lowest BCUT2D eigenvalue weighted by Gasteiger charge is -2.44. The van der Waals surface area contributed by atoms with E-state index in [1.54, 1.807) is 0 Å². The van der Waals surface area contributed by atoms with E-state index in [9.17, 15) is 4.79 Å². The third-order valence-corrected chi connectivity index (χ3v) is 8.24. The Morgan fingerprint density at radius 3 is 2.13 bits per heavy atom. The molecule has 2 unspecified atom stereocenters. The van der Waals surface area contributed by atoms with Crippen LogP contribution >= 0.6 is 11.7 Å². The molecule has 0 spiro atoms. The molecular weight excluding hydrogens is 621 g/mol. The van der Waals surface area contributed by atoms with Crippen LogP contribution in [-0.4, -0.2) is 52.2 Å². The monoisotopic (exact) mass is 677 g/mol. The maximum atomic E-state index is 12.8. The van der Waals surface area contributed by atoms with Crippen LogP contribution in [0.25, 0.3) is 5.57 Å². The first-order chi connectivity index (χ1) is 18.4. The van der Waals surface area contributed by atoms with Crippen molar-refractivity contribution in [2.24, 2.45) is 5.92 Å². The van der Waals surface area contributed by atoms with Crippen molar-refractivity contribution in [3.8, 4) is 5.88 Å². The Bertz CT molecular complexity index is 817. The Balaban J connectivity index is 0.00000760. The molecule has 1 aliphatic rings. The number of rotatable bonds is 21. The second-order valence-electron chi connectivity index (χ2n) is 11.8. The molecule has 0 aliphatic carbocycles. The molecule has 226 valence electrons. The zero-order chi connectivity index (χ0) is 27.6. The molecule has 0 saturated heterocycles. The molecule has 2 heterocycles. The van der Waals surface area contributed by atoms with Crippen LogP contribution in [0.1, 0.15) is 136 Å². The first-order valence-electron chi connectivity index (χ1n) is 15.6. The van der Waals surface area contributed by atoms with Gasteiger partial charge < -0.3 is 33.5 Å². The van der Waals surface area contributed by atoms with E-state index in [0.717, 1.165) is 50.0 Å². The standard InChI is InChI=1S/C31H56N3O3S.HI/c1-6-8-10-12-13-14-15-16-17-18-22-28(35)37-31(26(3)4)34(5)23-20-21-27(25-34)29-30(33-38-32-29)36-24-19-11-9-7-2;/h21,26,31H,6-20,22-25H2,1-5H3;1H/q+1;/p-1. The van der Waals surface area contributed by atoms with Gasteiger partial charge in [-0.2, -0.15) is 4.37 Å². The van der Waals surface area contributed by atoms with Crippen LogP contribution < -0.4 is 28.7 Å². The average molecular weight is 678 g/mol. The van der Waals surface area contributed by atoms with E-state index >= 15 is 0 Å². The molecule has 0 N–H and O–H groups in total. The normalized spacial score (nSPS) is 17.9. The van der Waals surface area contributed by atoms with Crippen LogP contribution in [-0.2, 0) is 9.53 Å². The summed E-state index contributed by atoms with van der Waals surface area (Å²) in [5.41, 5.74) is 2.03. The van der Waals surface area contributed by atoms with E-state index in [2.05, 4.69) is 49.6 Å². The molecule has 0 radical (unpaired) electrons. The van der Waals surface area contributed by atoms with Crippen LogP contribution in [0.15, 0.2) is 6.08 Å². The second-order valence-corrected chi connectivity index (χ2v) is 12.3. The smallest absolute Gasteiger partial charge is 0.310 e. The number of unbranched alkanes of at least 4 members (excludes halogenated alkanes) is 12. The zero-order valence-electron chi connectivity index (χ0n) is 25.5. The number of hydrogen-bond donors (Lipinski definition) is 0. The minimum absolute atomic E-state index is 0. The predicted octanol–water partition coefficient (Wildman–Crippen LogP) is 5.57. The first-order valence-corrected chi connectivity index (χ1v) is 16.3. The molecule has 0 bridgehead atoms. The number of carbonyl (C=O) groups excluding carboxylic acids is 1. The molecule has 0 fully saturated rings. The summed E-state index contributed by atoms with van der Waals surface area (Å²) in [6.45, 7) is 11.2. The van der Waals surface area contributed by atoms with Gasteiger partial charge in [-0.15, -0.1) is 4.37 Å². The van der Waals surface area contributed by atoms with Gasteiger partial charge in [0.15, 0.2) is 0 Å². The number of quaternary nitrogens is 1. The minimum Gasteiger partial charge on any atom is -1.00 e. The third kappa shape index (κ3) is 13.6. The molecule has 1 aromatic rings. The molecular formula is C31H56IN3O3S. The summed E-state index contributed by atoms with van der Waals surface area (Å²) in [7, 11) is 2.22. The van der Waals surface area contributed by atoms with E-state index in [4.69, 9.17) is 9.47 Å². The van der Waals surface area contributed by atoms with Gasteiger partial charge in [0.2, 0.25) is 6.23 Å².